The molecular weight excluding hydrogens is 399 g/mol. The molecule has 11 heteroatoms. The highest BCUT2D eigenvalue weighted by atomic mass is 32.2. The molecule has 0 amide bonds. The van der Waals surface area contributed by atoms with Crippen LogP contribution in [0.1, 0.15) is 12.0 Å². The lowest BCUT2D eigenvalue weighted by molar-refractivity contribution is -0.145. The maximum Gasteiger partial charge on any atom is 0.334 e. The Labute approximate surface area is 150 Å². The fourth-order valence-corrected chi connectivity index (χ4v) is 3.36. The zero-order chi connectivity index (χ0) is 20.4. The Balaban J connectivity index is 2.34. The summed E-state index contributed by atoms with van der Waals surface area (Å²) >= 11 is 0. The second-order valence-corrected chi connectivity index (χ2v) is 6.81. The molecule has 0 radical (unpaired) electrons. The van der Waals surface area contributed by atoms with Gasteiger partial charge in [0, 0.05) is 0 Å². The zero-order valence-electron chi connectivity index (χ0n) is 13.3. The van der Waals surface area contributed by atoms with Crippen molar-refractivity contribution in [3.63, 3.8) is 0 Å². The summed E-state index contributed by atoms with van der Waals surface area (Å²) in [5.41, 5.74) is 0.612. The van der Waals surface area contributed by atoms with E-state index in [-0.39, 0.29) is 6.42 Å². The molecule has 0 aliphatic heterocycles. The van der Waals surface area contributed by atoms with E-state index in [1.165, 1.54) is 0 Å². The van der Waals surface area contributed by atoms with Gasteiger partial charge in [0.25, 0.3) is 0 Å². The lowest BCUT2D eigenvalue weighted by atomic mass is 10.1. The molecule has 0 bridgehead atoms. The molecule has 5 nitrogen and oxygen atoms in total. The van der Waals surface area contributed by atoms with Crippen LogP contribution in [0.3, 0.4) is 0 Å². The summed E-state index contributed by atoms with van der Waals surface area (Å²) in [7, 11) is -5.61. The molecule has 0 saturated carbocycles. The van der Waals surface area contributed by atoms with E-state index in [1.54, 1.807) is 30.3 Å². The summed E-state index contributed by atoms with van der Waals surface area (Å²) in [6.45, 7) is 0. The highest BCUT2D eigenvalue weighted by Crippen LogP contribution is 2.29. The Morgan fingerprint density at radius 2 is 1.41 bits per heavy atom. The second-order valence-electron chi connectivity index (χ2n) is 5.30. The van der Waals surface area contributed by atoms with Crippen molar-refractivity contribution < 1.29 is 44.5 Å². The van der Waals surface area contributed by atoms with Crippen LogP contribution < -0.4 is 0 Å². The lowest BCUT2D eigenvalue weighted by Gasteiger charge is -2.15. The first-order valence-corrected chi connectivity index (χ1v) is 8.68. The fourth-order valence-electron chi connectivity index (χ4n) is 2.16. The summed E-state index contributed by atoms with van der Waals surface area (Å²) in [5, 5.41) is 9.07. The number of hydrogen-bond acceptors (Lipinski definition) is 4. The van der Waals surface area contributed by atoms with Crippen LogP contribution in [-0.4, -0.2) is 25.6 Å². The van der Waals surface area contributed by atoms with Crippen LogP contribution in [0.4, 0.5) is 22.0 Å². The Hall–Kier alpha value is -2.53. The van der Waals surface area contributed by atoms with Crippen molar-refractivity contribution >= 4 is 16.1 Å². The minimum atomic E-state index is -5.61. The van der Waals surface area contributed by atoms with Crippen molar-refractivity contribution in [2.45, 2.75) is 23.8 Å². The number of hydrogen-bond donors (Lipinski definition) is 1. The first kappa shape index (κ1) is 20.8. The number of aliphatic carboxylic acids is 1. The third kappa shape index (κ3) is 4.42. The van der Waals surface area contributed by atoms with Crippen molar-refractivity contribution in [2.24, 2.45) is 0 Å². The van der Waals surface area contributed by atoms with Gasteiger partial charge in [-0.2, -0.15) is 8.42 Å². The molecule has 0 unspecified atom stereocenters. The number of rotatable bonds is 7. The standard InChI is InChI=1S/C16H11F5O5S/c17-10-11(18)13(20)15(14(21)12(10)19)27(24,25)26-9(16(22)23)7-6-8-4-2-1-3-5-8/h1-5,9H,6-7H2,(H,22,23)/t9-/m1/s1. The number of carboxylic acids is 1. The molecule has 0 saturated heterocycles. The maximum absolute atomic E-state index is 13.7. The minimum Gasteiger partial charge on any atom is -0.479 e. The van der Waals surface area contributed by atoms with Crippen molar-refractivity contribution in [2.75, 3.05) is 0 Å². The largest absolute Gasteiger partial charge is 0.479 e. The van der Waals surface area contributed by atoms with E-state index < -0.39 is 62.6 Å². The van der Waals surface area contributed by atoms with Crippen molar-refractivity contribution in [1.82, 2.24) is 0 Å². The van der Waals surface area contributed by atoms with Gasteiger partial charge in [0.15, 0.2) is 34.3 Å². The van der Waals surface area contributed by atoms with Crippen molar-refractivity contribution in [3.8, 4) is 0 Å². The van der Waals surface area contributed by atoms with E-state index in [9.17, 15) is 35.2 Å². The number of carbonyl (C=O) groups is 1. The van der Waals surface area contributed by atoms with E-state index in [4.69, 9.17) is 5.11 Å². The second kappa shape index (κ2) is 8.01. The van der Waals surface area contributed by atoms with Gasteiger partial charge in [0.05, 0.1) is 0 Å². The predicted molar refractivity (Wildman–Crippen MR) is 80.7 cm³/mol. The number of halogens is 5. The van der Waals surface area contributed by atoms with Crippen LogP contribution in [-0.2, 0) is 25.5 Å². The van der Waals surface area contributed by atoms with Crippen LogP contribution in [0, 0.1) is 29.1 Å². The molecule has 0 aliphatic rings. The molecule has 146 valence electrons. The summed E-state index contributed by atoms with van der Waals surface area (Å²) in [4.78, 5) is 8.96. The van der Waals surface area contributed by atoms with Gasteiger partial charge < -0.3 is 5.11 Å². The molecule has 0 spiro atoms. The average molecular weight is 410 g/mol. The van der Waals surface area contributed by atoms with Crippen molar-refractivity contribution in [3.05, 3.63) is 65.0 Å². The number of aryl methyl sites for hydroxylation is 1. The Morgan fingerprint density at radius 1 is 0.926 bits per heavy atom. The van der Waals surface area contributed by atoms with Gasteiger partial charge in [0.2, 0.25) is 5.82 Å². The van der Waals surface area contributed by atoms with Crippen LogP contribution in [0.15, 0.2) is 35.2 Å². The SMILES string of the molecule is O=C(O)[C@@H](CCc1ccccc1)OS(=O)(=O)c1c(F)c(F)c(F)c(F)c1F. The molecule has 1 N–H and O–H groups in total. The number of benzene rings is 2. The van der Waals surface area contributed by atoms with Gasteiger partial charge in [-0.15, -0.1) is 0 Å². The van der Waals surface area contributed by atoms with Gasteiger partial charge >= 0.3 is 16.1 Å². The van der Waals surface area contributed by atoms with Crippen LogP contribution in [0.5, 0.6) is 0 Å². The molecule has 0 heterocycles. The predicted octanol–water partition coefficient (Wildman–Crippen LogP) is 3.17. The monoisotopic (exact) mass is 410 g/mol. The molecule has 0 aliphatic carbocycles. The molecular formula is C16H11F5O5S. The highest BCUT2D eigenvalue weighted by molar-refractivity contribution is 7.86. The van der Waals surface area contributed by atoms with Crippen molar-refractivity contribution in [1.29, 1.82) is 0 Å². The van der Waals surface area contributed by atoms with Gasteiger partial charge in [-0.3, -0.25) is 4.18 Å². The molecule has 2 aromatic carbocycles. The molecule has 2 rings (SSSR count). The third-order valence-corrected chi connectivity index (χ3v) is 4.82. The fraction of sp³-hybridized carbons (Fsp3) is 0.188. The van der Waals surface area contributed by atoms with E-state index in [1.807, 2.05) is 0 Å². The minimum absolute atomic E-state index is 0.0183. The zero-order valence-corrected chi connectivity index (χ0v) is 14.1. The summed E-state index contributed by atoms with van der Waals surface area (Å²) < 4.78 is 95.0. The van der Waals surface area contributed by atoms with E-state index in [2.05, 4.69) is 4.18 Å². The van der Waals surface area contributed by atoms with Gasteiger partial charge in [-0.05, 0) is 18.4 Å². The smallest absolute Gasteiger partial charge is 0.334 e. The average Bonchev–Trinajstić information content (AvgIpc) is 2.62. The molecule has 0 aromatic heterocycles. The summed E-state index contributed by atoms with van der Waals surface area (Å²) in [5.74, 6) is -14.6. The molecule has 0 fully saturated rings. The third-order valence-electron chi connectivity index (χ3n) is 3.48. The summed E-state index contributed by atoms with van der Waals surface area (Å²) in [6, 6.07) is 8.17. The van der Waals surface area contributed by atoms with Gasteiger partial charge in [0.1, 0.15) is 0 Å². The molecule has 27 heavy (non-hydrogen) atoms. The quantitative estimate of drug-likeness (QED) is 0.328. The number of carboxylic acid groups (broad SMARTS) is 1. The first-order valence-electron chi connectivity index (χ1n) is 7.27. The van der Waals surface area contributed by atoms with E-state index in [0.29, 0.717) is 5.56 Å². The highest BCUT2D eigenvalue weighted by Gasteiger charge is 2.37. The van der Waals surface area contributed by atoms with Gasteiger partial charge in [-0.25, -0.2) is 26.7 Å². The molecule has 1 atom stereocenters. The topological polar surface area (TPSA) is 80.7 Å². The summed E-state index contributed by atoms with van der Waals surface area (Å²) in [6.07, 6.45) is -2.52. The van der Waals surface area contributed by atoms with E-state index in [0.717, 1.165) is 0 Å². The Bertz CT molecular complexity index is 934. The Kier molecular flexibility index (Phi) is 6.16. The van der Waals surface area contributed by atoms with Crippen LogP contribution in [0.25, 0.3) is 0 Å². The van der Waals surface area contributed by atoms with Crippen LogP contribution in [0.2, 0.25) is 0 Å². The van der Waals surface area contributed by atoms with E-state index >= 15 is 0 Å². The van der Waals surface area contributed by atoms with Gasteiger partial charge in [-0.1, -0.05) is 30.3 Å². The Morgan fingerprint density at radius 3 is 1.89 bits per heavy atom. The van der Waals surface area contributed by atoms with Crippen LogP contribution >= 0.6 is 0 Å². The first-order chi connectivity index (χ1) is 12.6. The maximum atomic E-state index is 13.7. The molecule has 2 aromatic rings. The lowest BCUT2D eigenvalue weighted by Crippen LogP contribution is -2.29. The normalized spacial score (nSPS) is 12.8.